The van der Waals surface area contributed by atoms with Crippen LogP contribution in [0.2, 0.25) is 0 Å². The Balaban J connectivity index is 1.90. The number of halogens is 3. The summed E-state index contributed by atoms with van der Waals surface area (Å²) in [5.74, 6) is -0.577. The molecule has 0 saturated heterocycles. The van der Waals surface area contributed by atoms with Gasteiger partial charge in [-0.2, -0.15) is 0 Å². The van der Waals surface area contributed by atoms with Crippen molar-refractivity contribution in [3.63, 3.8) is 0 Å². The lowest BCUT2D eigenvalue weighted by Crippen LogP contribution is -2.23. The predicted molar refractivity (Wildman–Crippen MR) is 83.0 cm³/mol. The van der Waals surface area contributed by atoms with Crippen LogP contribution in [0, 0.1) is 0 Å². The Hall–Kier alpha value is -2.28. The third kappa shape index (κ3) is 5.78. The first-order valence-electron chi connectivity index (χ1n) is 6.71. The van der Waals surface area contributed by atoms with Crippen molar-refractivity contribution < 1.29 is 22.7 Å². The van der Waals surface area contributed by atoms with E-state index in [2.05, 4.69) is 10.1 Å². The van der Waals surface area contributed by atoms with Gasteiger partial charge >= 0.3 is 6.36 Å². The van der Waals surface area contributed by atoms with Crippen LogP contribution >= 0.6 is 11.3 Å². The first-order valence-corrected chi connectivity index (χ1v) is 7.59. The molecule has 23 heavy (non-hydrogen) atoms. The van der Waals surface area contributed by atoms with Gasteiger partial charge in [-0.3, -0.25) is 4.79 Å². The number of amides is 1. The SMILES string of the molecule is CC(NC(=O)/C=C/c1ccc(OC(F)(F)F)cc1)c1cccs1. The van der Waals surface area contributed by atoms with Crippen molar-refractivity contribution in [2.75, 3.05) is 0 Å². The Morgan fingerprint density at radius 1 is 1.26 bits per heavy atom. The molecule has 0 aliphatic heterocycles. The number of hydrogen-bond donors (Lipinski definition) is 1. The van der Waals surface area contributed by atoms with Crippen LogP contribution in [0.15, 0.2) is 47.9 Å². The molecule has 0 fully saturated rings. The molecule has 0 radical (unpaired) electrons. The summed E-state index contributed by atoms with van der Waals surface area (Å²) in [5.41, 5.74) is 0.596. The highest BCUT2D eigenvalue weighted by atomic mass is 32.1. The Morgan fingerprint density at radius 3 is 2.52 bits per heavy atom. The fraction of sp³-hybridized carbons (Fsp3) is 0.188. The largest absolute Gasteiger partial charge is 0.573 e. The number of carbonyl (C=O) groups is 1. The zero-order chi connectivity index (χ0) is 16.9. The van der Waals surface area contributed by atoms with Crippen LogP contribution in [0.4, 0.5) is 13.2 Å². The van der Waals surface area contributed by atoms with Crippen LogP contribution in [-0.4, -0.2) is 12.3 Å². The van der Waals surface area contributed by atoms with Gasteiger partial charge in [0.15, 0.2) is 0 Å². The maximum Gasteiger partial charge on any atom is 0.573 e. The van der Waals surface area contributed by atoms with Gasteiger partial charge in [-0.05, 0) is 42.1 Å². The highest BCUT2D eigenvalue weighted by Gasteiger charge is 2.30. The Kier molecular flexibility index (Phi) is 5.44. The van der Waals surface area contributed by atoms with Crippen molar-refractivity contribution in [3.05, 3.63) is 58.3 Å². The minimum Gasteiger partial charge on any atom is -0.406 e. The molecule has 1 aromatic carbocycles. The molecule has 1 amide bonds. The maximum absolute atomic E-state index is 12.0. The van der Waals surface area contributed by atoms with Crippen molar-refractivity contribution in [1.82, 2.24) is 5.32 Å². The topological polar surface area (TPSA) is 38.3 Å². The molecular weight excluding hydrogens is 327 g/mol. The number of nitrogens with one attached hydrogen (secondary N) is 1. The maximum atomic E-state index is 12.0. The lowest BCUT2D eigenvalue weighted by molar-refractivity contribution is -0.274. The molecule has 7 heteroatoms. The van der Waals surface area contributed by atoms with E-state index in [1.165, 1.54) is 36.4 Å². The molecule has 1 heterocycles. The standard InChI is InChI=1S/C16H14F3NO2S/c1-11(14-3-2-10-23-14)20-15(21)9-6-12-4-7-13(8-5-12)22-16(17,18)19/h2-11H,1H3,(H,20,21)/b9-6+. The quantitative estimate of drug-likeness (QED) is 0.811. The second-order valence-electron chi connectivity index (χ2n) is 4.70. The molecule has 0 saturated carbocycles. The van der Waals surface area contributed by atoms with Gasteiger partial charge in [0.25, 0.3) is 0 Å². The third-order valence-corrected chi connectivity index (χ3v) is 3.92. The second-order valence-corrected chi connectivity index (χ2v) is 5.68. The van der Waals surface area contributed by atoms with E-state index in [1.54, 1.807) is 11.3 Å². The van der Waals surface area contributed by atoms with E-state index < -0.39 is 6.36 Å². The van der Waals surface area contributed by atoms with Crippen LogP contribution in [0.3, 0.4) is 0 Å². The van der Waals surface area contributed by atoms with Crippen molar-refractivity contribution in [2.24, 2.45) is 0 Å². The summed E-state index contributed by atoms with van der Waals surface area (Å²) in [6.07, 6.45) is -1.85. The summed E-state index contributed by atoms with van der Waals surface area (Å²) in [5, 5.41) is 4.74. The summed E-state index contributed by atoms with van der Waals surface area (Å²) in [6.45, 7) is 1.88. The van der Waals surface area contributed by atoms with E-state index in [4.69, 9.17) is 0 Å². The molecule has 1 aromatic heterocycles. The van der Waals surface area contributed by atoms with E-state index in [-0.39, 0.29) is 17.7 Å². The van der Waals surface area contributed by atoms with Gasteiger partial charge in [-0.15, -0.1) is 24.5 Å². The van der Waals surface area contributed by atoms with E-state index in [0.29, 0.717) is 5.56 Å². The van der Waals surface area contributed by atoms with Gasteiger partial charge < -0.3 is 10.1 Å². The van der Waals surface area contributed by atoms with Crippen molar-refractivity contribution in [2.45, 2.75) is 19.3 Å². The Morgan fingerprint density at radius 2 is 1.96 bits per heavy atom. The predicted octanol–water partition coefficient (Wildman–Crippen LogP) is 4.54. The summed E-state index contributed by atoms with van der Waals surface area (Å²) in [4.78, 5) is 12.9. The summed E-state index contributed by atoms with van der Waals surface area (Å²) in [6, 6.07) is 9.00. The number of thiophene rings is 1. The summed E-state index contributed by atoms with van der Waals surface area (Å²) in [7, 11) is 0. The first-order chi connectivity index (χ1) is 10.8. The van der Waals surface area contributed by atoms with Gasteiger partial charge in [0.2, 0.25) is 5.91 Å². The van der Waals surface area contributed by atoms with E-state index in [1.807, 2.05) is 24.4 Å². The van der Waals surface area contributed by atoms with Crippen LogP contribution < -0.4 is 10.1 Å². The fourth-order valence-corrected chi connectivity index (χ4v) is 2.56. The van der Waals surface area contributed by atoms with Crippen LogP contribution in [0.1, 0.15) is 23.4 Å². The molecule has 1 unspecified atom stereocenters. The second kappa shape index (κ2) is 7.32. The molecule has 2 rings (SSSR count). The number of hydrogen-bond acceptors (Lipinski definition) is 3. The monoisotopic (exact) mass is 341 g/mol. The van der Waals surface area contributed by atoms with Gasteiger partial charge in [-0.25, -0.2) is 0 Å². The smallest absolute Gasteiger partial charge is 0.406 e. The summed E-state index contributed by atoms with van der Waals surface area (Å²) >= 11 is 1.55. The van der Waals surface area contributed by atoms with Gasteiger partial charge in [0.1, 0.15) is 5.75 Å². The van der Waals surface area contributed by atoms with Crippen LogP contribution in [0.5, 0.6) is 5.75 Å². The van der Waals surface area contributed by atoms with E-state index >= 15 is 0 Å². The molecule has 1 atom stereocenters. The molecule has 1 N–H and O–H groups in total. The van der Waals surface area contributed by atoms with Crippen LogP contribution in [0.25, 0.3) is 6.08 Å². The number of carbonyl (C=O) groups excluding carboxylic acids is 1. The average molecular weight is 341 g/mol. The number of alkyl halides is 3. The Labute approximate surface area is 135 Å². The molecule has 2 aromatic rings. The zero-order valence-electron chi connectivity index (χ0n) is 12.1. The molecule has 3 nitrogen and oxygen atoms in total. The normalized spacial score (nSPS) is 13.0. The third-order valence-electron chi connectivity index (χ3n) is 2.87. The Bertz CT molecular complexity index is 664. The van der Waals surface area contributed by atoms with Gasteiger partial charge in [0.05, 0.1) is 6.04 Å². The minimum absolute atomic E-state index is 0.102. The molecule has 0 aliphatic rings. The molecule has 0 spiro atoms. The highest BCUT2D eigenvalue weighted by Crippen LogP contribution is 2.23. The number of rotatable bonds is 5. The minimum atomic E-state index is -4.71. The van der Waals surface area contributed by atoms with Gasteiger partial charge in [-0.1, -0.05) is 18.2 Å². The molecule has 0 aliphatic carbocycles. The molecule has 0 bridgehead atoms. The fourth-order valence-electron chi connectivity index (χ4n) is 1.82. The van der Waals surface area contributed by atoms with Crippen LogP contribution in [-0.2, 0) is 4.79 Å². The van der Waals surface area contributed by atoms with Gasteiger partial charge in [0, 0.05) is 11.0 Å². The first kappa shape index (κ1) is 17.1. The lowest BCUT2D eigenvalue weighted by Gasteiger charge is -2.10. The van der Waals surface area contributed by atoms with Crippen molar-refractivity contribution in [3.8, 4) is 5.75 Å². The van der Waals surface area contributed by atoms with Crippen molar-refractivity contribution in [1.29, 1.82) is 0 Å². The summed E-state index contributed by atoms with van der Waals surface area (Å²) < 4.78 is 39.9. The van der Waals surface area contributed by atoms with E-state index in [0.717, 1.165) is 4.88 Å². The average Bonchev–Trinajstić information content (AvgIpc) is 2.99. The highest BCUT2D eigenvalue weighted by molar-refractivity contribution is 7.10. The molecular formula is C16H14F3NO2S. The van der Waals surface area contributed by atoms with E-state index in [9.17, 15) is 18.0 Å². The number of ether oxygens (including phenoxy) is 1. The molecule has 122 valence electrons. The number of benzene rings is 1. The lowest BCUT2D eigenvalue weighted by atomic mass is 10.2. The van der Waals surface area contributed by atoms with Crippen molar-refractivity contribution >= 4 is 23.3 Å². The zero-order valence-corrected chi connectivity index (χ0v) is 12.9.